The Labute approximate surface area is 146 Å². The monoisotopic (exact) mass is 326 g/mol. The fourth-order valence-electron chi connectivity index (χ4n) is 3.05. The van der Waals surface area contributed by atoms with Crippen molar-refractivity contribution in [2.75, 3.05) is 11.9 Å². The SMILES string of the molecule is c1ccc(C(CNc2ncnc3ccccc23)c2ccncc2)cc1. The maximum Gasteiger partial charge on any atom is 0.137 e. The van der Waals surface area contributed by atoms with Gasteiger partial charge >= 0.3 is 0 Å². The predicted molar refractivity (Wildman–Crippen MR) is 101 cm³/mol. The predicted octanol–water partition coefficient (Wildman–Crippen LogP) is 4.27. The third kappa shape index (κ3) is 3.33. The summed E-state index contributed by atoms with van der Waals surface area (Å²) in [6.07, 6.45) is 5.28. The maximum atomic E-state index is 4.43. The first-order chi connectivity index (χ1) is 12.4. The van der Waals surface area contributed by atoms with E-state index in [1.54, 1.807) is 6.33 Å². The van der Waals surface area contributed by atoms with Crippen LogP contribution in [-0.2, 0) is 0 Å². The Kier molecular flexibility index (Phi) is 4.33. The number of nitrogens with zero attached hydrogens (tertiary/aromatic N) is 3. The molecule has 25 heavy (non-hydrogen) atoms. The van der Waals surface area contributed by atoms with Crippen LogP contribution in [0, 0.1) is 0 Å². The van der Waals surface area contributed by atoms with Gasteiger partial charge in [-0.1, -0.05) is 42.5 Å². The van der Waals surface area contributed by atoms with Crippen molar-refractivity contribution < 1.29 is 0 Å². The van der Waals surface area contributed by atoms with Crippen LogP contribution in [0.2, 0.25) is 0 Å². The van der Waals surface area contributed by atoms with E-state index in [0.717, 1.165) is 23.3 Å². The van der Waals surface area contributed by atoms with Gasteiger partial charge in [0.25, 0.3) is 0 Å². The number of para-hydroxylation sites is 1. The van der Waals surface area contributed by atoms with Gasteiger partial charge in [0.05, 0.1) is 5.52 Å². The summed E-state index contributed by atoms with van der Waals surface area (Å²) >= 11 is 0. The molecule has 1 atom stereocenters. The Morgan fingerprint density at radius 3 is 2.32 bits per heavy atom. The lowest BCUT2D eigenvalue weighted by molar-refractivity contribution is 0.846. The molecule has 0 aliphatic heterocycles. The molecule has 4 rings (SSSR count). The van der Waals surface area contributed by atoms with Crippen molar-refractivity contribution in [3.05, 3.63) is 96.6 Å². The molecule has 4 nitrogen and oxygen atoms in total. The number of nitrogens with one attached hydrogen (secondary N) is 1. The molecule has 4 heteroatoms. The van der Waals surface area contributed by atoms with E-state index in [2.05, 4.69) is 56.7 Å². The van der Waals surface area contributed by atoms with Gasteiger partial charge in [-0.3, -0.25) is 4.98 Å². The number of hydrogen-bond acceptors (Lipinski definition) is 4. The minimum absolute atomic E-state index is 0.220. The summed E-state index contributed by atoms with van der Waals surface area (Å²) in [5.41, 5.74) is 3.44. The van der Waals surface area contributed by atoms with E-state index in [1.165, 1.54) is 11.1 Å². The molecule has 122 valence electrons. The van der Waals surface area contributed by atoms with Gasteiger partial charge in [0, 0.05) is 30.2 Å². The van der Waals surface area contributed by atoms with Crippen LogP contribution in [0.3, 0.4) is 0 Å². The van der Waals surface area contributed by atoms with E-state index in [1.807, 2.05) is 42.7 Å². The fraction of sp³-hybridized carbons (Fsp3) is 0.0952. The summed E-state index contributed by atoms with van der Waals surface area (Å²) in [6.45, 7) is 0.745. The van der Waals surface area contributed by atoms with Crippen LogP contribution >= 0.6 is 0 Å². The molecule has 2 heterocycles. The molecule has 0 fully saturated rings. The molecule has 0 amide bonds. The highest BCUT2D eigenvalue weighted by Gasteiger charge is 2.14. The highest BCUT2D eigenvalue weighted by molar-refractivity contribution is 5.88. The van der Waals surface area contributed by atoms with E-state index < -0.39 is 0 Å². The average molecular weight is 326 g/mol. The molecular formula is C21H18N4. The molecule has 0 bridgehead atoms. The van der Waals surface area contributed by atoms with Gasteiger partial charge in [-0.05, 0) is 35.4 Å². The van der Waals surface area contributed by atoms with Crippen LogP contribution in [0.4, 0.5) is 5.82 Å². The standard InChI is InChI=1S/C21H18N4/c1-2-6-16(7-3-1)19(17-10-12-22-13-11-17)14-23-21-18-8-4-5-9-20(18)24-15-25-21/h1-13,15,19H,14H2,(H,23,24,25). The van der Waals surface area contributed by atoms with Gasteiger partial charge < -0.3 is 5.32 Å². The van der Waals surface area contributed by atoms with Crippen molar-refractivity contribution in [1.29, 1.82) is 0 Å². The third-order valence-electron chi connectivity index (χ3n) is 4.33. The summed E-state index contributed by atoms with van der Waals surface area (Å²) in [6, 6.07) is 22.7. The van der Waals surface area contributed by atoms with Gasteiger partial charge in [0.2, 0.25) is 0 Å². The molecule has 4 aromatic rings. The Morgan fingerprint density at radius 1 is 0.760 bits per heavy atom. The molecule has 0 spiro atoms. The highest BCUT2D eigenvalue weighted by Crippen LogP contribution is 2.26. The fourth-order valence-corrected chi connectivity index (χ4v) is 3.05. The molecule has 2 aromatic carbocycles. The first kappa shape index (κ1) is 15.3. The summed E-state index contributed by atoms with van der Waals surface area (Å²) in [5, 5.41) is 4.55. The number of anilines is 1. The van der Waals surface area contributed by atoms with Crippen LogP contribution in [0.5, 0.6) is 0 Å². The summed E-state index contributed by atoms with van der Waals surface area (Å²) < 4.78 is 0. The zero-order chi connectivity index (χ0) is 16.9. The van der Waals surface area contributed by atoms with Gasteiger partial charge in [-0.15, -0.1) is 0 Å². The number of rotatable bonds is 5. The van der Waals surface area contributed by atoms with Crippen LogP contribution in [-0.4, -0.2) is 21.5 Å². The minimum Gasteiger partial charge on any atom is -0.369 e. The molecule has 2 aromatic heterocycles. The topological polar surface area (TPSA) is 50.7 Å². The van der Waals surface area contributed by atoms with E-state index in [0.29, 0.717) is 0 Å². The molecule has 0 saturated heterocycles. The number of fused-ring (bicyclic) bond motifs is 1. The van der Waals surface area contributed by atoms with E-state index >= 15 is 0 Å². The molecule has 0 radical (unpaired) electrons. The third-order valence-corrected chi connectivity index (χ3v) is 4.33. The molecule has 1 N–H and O–H groups in total. The second kappa shape index (κ2) is 7.09. The summed E-state index contributed by atoms with van der Waals surface area (Å²) in [7, 11) is 0. The second-order valence-corrected chi connectivity index (χ2v) is 5.86. The zero-order valence-electron chi connectivity index (χ0n) is 13.7. The molecule has 0 aliphatic carbocycles. The van der Waals surface area contributed by atoms with Crippen molar-refractivity contribution >= 4 is 16.7 Å². The Hall–Kier alpha value is -3.27. The Balaban J connectivity index is 1.65. The van der Waals surface area contributed by atoms with Crippen LogP contribution in [0.15, 0.2) is 85.5 Å². The van der Waals surface area contributed by atoms with E-state index in [4.69, 9.17) is 0 Å². The number of aromatic nitrogens is 3. The van der Waals surface area contributed by atoms with Crippen LogP contribution < -0.4 is 5.32 Å². The number of hydrogen-bond donors (Lipinski definition) is 1. The van der Waals surface area contributed by atoms with Crippen molar-refractivity contribution in [1.82, 2.24) is 15.0 Å². The van der Waals surface area contributed by atoms with Crippen molar-refractivity contribution in [3.8, 4) is 0 Å². The summed E-state index contributed by atoms with van der Waals surface area (Å²) in [5.74, 6) is 1.08. The lowest BCUT2D eigenvalue weighted by Crippen LogP contribution is -2.15. The van der Waals surface area contributed by atoms with Gasteiger partial charge in [-0.25, -0.2) is 9.97 Å². The van der Waals surface area contributed by atoms with Gasteiger partial charge in [0.1, 0.15) is 12.1 Å². The quantitative estimate of drug-likeness (QED) is 0.595. The first-order valence-corrected chi connectivity index (χ1v) is 8.30. The molecule has 0 aliphatic rings. The van der Waals surface area contributed by atoms with E-state index in [9.17, 15) is 0 Å². The smallest absolute Gasteiger partial charge is 0.137 e. The average Bonchev–Trinajstić information content (AvgIpc) is 2.70. The molecule has 1 unspecified atom stereocenters. The maximum absolute atomic E-state index is 4.43. The molecule has 0 saturated carbocycles. The second-order valence-electron chi connectivity index (χ2n) is 5.86. The number of benzene rings is 2. The van der Waals surface area contributed by atoms with Crippen molar-refractivity contribution in [2.45, 2.75) is 5.92 Å². The normalized spacial score (nSPS) is 12.0. The Morgan fingerprint density at radius 2 is 1.48 bits per heavy atom. The van der Waals surface area contributed by atoms with E-state index in [-0.39, 0.29) is 5.92 Å². The highest BCUT2D eigenvalue weighted by atomic mass is 15.0. The van der Waals surface area contributed by atoms with Crippen molar-refractivity contribution in [2.24, 2.45) is 0 Å². The number of pyridine rings is 1. The lowest BCUT2D eigenvalue weighted by Gasteiger charge is -2.19. The van der Waals surface area contributed by atoms with Gasteiger partial charge in [0.15, 0.2) is 0 Å². The van der Waals surface area contributed by atoms with Crippen molar-refractivity contribution in [3.63, 3.8) is 0 Å². The van der Waals surface area contributed by atoms with Crippen LogP contribution in [0.1, 0.15) is 17.0 Å². The lowest BCUT2D eigenvalue weighted by atomic mass is 9.92. The van der Waals surface area contributed by atoms with Gasteiger partial charge in [-0.2, -0.15) is 0 Å². The Bertz CT molecular complexity index is 910. The first-order valence-electron chi connectivity index (χ1n) is 8.30. The van der Waals surface area contributed by atoms with Crippen LogP contribution in [0.25, 0.3) is 10.9 Å². The summed E-state index contributed by atoms with van der Waals surface area (Å²) in [4.78, 5) is 12.9. The zero-order valence-corrected chi connectivity index (χ0v) is 13.7. The molecular weight excluding hydrogens is 308 g/mol. The largest absolute Gasteiger partial charge is 0.369 e. The minimum atomic E-state index is 0.220.